The normalized spacial score (nSPS) is 9.87. The van der Waals surface area contributed by atoms with Crippen LogP contribution in [-0.2, 0) is 6.42 Å². The molecule has 0 aliphatic carbocycles. The van der Waals surface area contributed by atoms with Gasteiger partial charge in [0.05, 0.1) is 6.33 Å². The summed E-state index contributed by atoms with van der Waals surface area (Å²) >= 11 is 0. The predicted octanol–water partition coefficient (Wildman–Crippen LogP) is 2.76. The van der Waals surface area contributed by atoms with Crippen molar-refractivity contribution < 1.29 is 0 Å². The molecule has 15 heavy (non-hydrogen) atoms. The molecule has 0 aromatic carbocycles. The van der Waals surface area contributed by atoms with E-state index in [-0.39, 0.29) is 0 Å². The third-order valence-corrected chi connectivity index (χ3v) is 2.29. The number of rotatable bonds is 8. The molecule has 0 aliphatic rings. The van der Waals surface area contributed by atoms with Gasteiger partial charge in [0.1, 0.15) is 0 Å². The second-order valence-corrected chi connectivity index (χ2v) is 3.59. The van der Waals surface area contributed by atoms with Gasteiger partial charge in [-0.3, -0.25) is 0 Å². The van der Waals surface area contributed by atoms with E-state index in [1.165, 1.54) is 25.0 Å². The molecule has 82 valence electrons. The highest BCUT2D eigenvalue weighted by Crippen LogP contribution is 2.07. The number of aromatic nitrogens is 2. The summed E-state index contributed by atoms with van der Waals surface area (Å²) < 4.78 is 0. The number of hydrogen-bond acceptors (Lipinski definition) is 2. The predicted molar refractivity (Wildman–Crippen MR) is 63.2 cm³/mol. The van der Waals surface area contributed by atoms with Crippen molar-refractivity contribution >= 4 is 0 Å². The number of allylic oxidation sites excluding steroid dienone is 1. The second kappa shape index (κ2) is 6.87. The first-order chi connectivity index (χ1) is 7.33. The van der Waals surface area contributed by atoms with Gasteiger partial charge in [0.2, 0.25) is 0 Å². The Hall–Kier alpha value is -1.51. The van der Waals surface area contributed by atoms with E-state index in [4.69, 9.17) is 0 Å². The van der Waals surface area contributed by atoms with Crippen molar-refractivity contribution in [3.05, 3.63) is 43.3 Å². The lowest BCUT2D eigenvalue weighted by Gasteiger charge is -2.04. The number of imidazole rings is 1. The standard InChI is InChI=1S/C12H19N3/c1-3-14-11(2)7-5-4-6-8-12-9-13-10-15-12/h3,9-10,14H,1-2,4-8H2,(H,13,15). The molecule has 0 amide bonds. The topological polar surface area (TPSA) is 40.7 Å². The molecule has 3 nitrogen and oxygen atoms in total. The van der Waals surface area contributed by atoms with Crippen LogP contribution < -0.4 is 5.32 Å². The number of hydrogen-bond donors (Lipinski definition) is 2. The molecule has 1 aromatic heterocycles. The number of nitrogens with zero attached hydrogens (tertiary/aromatic N) is 1. The first-order valence-electron chi connectivity index (χ1n) is 5.35. The van der Waals surface area contributed by atoms with E-state index in [1.807, 2.05) is 6.20 Å². The second-order valence-electron chi connectivity index (χ2n) is 3.59. The van der Waals surface area contributed by atoms with Crippen LogP contribution in [0.1, 0.15) is 31.4 Å². The van der Waals surface area contributed by atoms with Crippen LogP contribution in [0.2, 0.25) is 0 Å². The summed E-state index contributed by atoms with van der Waals surface area (Å²) in [6.45, 7) is 7.49. The van der Waals surface area contributed by atoms with Crippen LogP contribution in [0.4, 0.5) is 0 Å². The Morgan fingerprint density at radius 2 is 2.33 bits per heavy atom. The monoisotopic (exact) mass is 205 g/mol. The van der Waals surface area contributed by atoms with Crippen molar-refractivity contribution in [2.75, 3.05) is 0 Å². The van der Waals surface area contributed by atoms with Crippen molar-refractivity contribution in [3.8, 4) is 0 Å². The summed E-state index contributed by atoms with van der Waals surface area (Å²) in [5.41, 5.74) is 2.27. The summed E-state index contributed by atoms with van der Waals surface area (Å²) in [6.07, 6.45) is 11.0. The van der Waals surface area contributed by atoms with Gasteiger partial charge in [-0.25, -0.2) is 4.98 Å². The van der Waals surface area contributed by atoms with E-state index < -0.39 is 0 Å². The number of unbranched alkanes of at least 4 members (excludes halogenated alkanes) is 2. The largest absolute Gasteiger partial charge is 0.366 e. The molecule has 0 saturated carbocycles. The van der Waals surface area contributed by atoms with E-state index >= 15 is 0 Å². The van der Waals surface area contributed by atoms with Crippen molar-refractivity contribution in [2.45, 2.75) is 32.1 Å². The maximum atomic E-state index is 3.98. The summed E-state index contributed by atoms with van der Waals surface area (Å²) in [4.78, 5) is 7.09. The molecule has 0 spiro atoms. The highest BCUT2D eigenvalue weighted by Gasteiger charge is 1.95. The zero-order chi connectivity index (χ0) is 10.9. The molecule has 1 aromatic rings. The molecule has 3 heteroatoms. The lowest BCUT2D eigenvalue weighted by atomic mass is 10.1. The van der Waals surface area contributed by atoms with Crippen molar-refractivity contribution in [3.63, 3.8) is 0 Å². The summed E-state index contributed by atoms with van der Waals surface area (Å²) in [5, 5.41) is 3.00. The quantitative estimate of drug-likeness (QED) is 0.641. The Balaban J connectivity index is 1.98. The van der Waals surface area contributed by atoms with Crippen molar-refractivity contribution in [1.29, 1.82) is 0 Å². The van der Waals surface area contributed by atoms with Crippen LogP contribution in [0.25, 0.3) is 0 Å². The van der Waals surface area contributed by atoms with Crippen LogP contribution in [0, 0.1) is 0 Å². The number of aryl methyl sites for hydroxylation is 1. The Bertz CT molecular complexity index is 288. The van der Waals surface area contributed by atoms with Gasteiger partial charge < -0.3 is 10.3 Å². The van der Waals surface area contributed by atoms with Gasteiger partial charge in [0.25, 0.3) is 0 Å². The minimum Gasteiger partial charge on any atom is -0.366 e. The lowest BCUT2D eigenvalue weighted by Crippen LogP contribution is -2.02. The zero-order valence-corrected chi connectivity index (χ0v) is 9.13. The zero-order valence-electron chi connectivity index (χ0n) is 9.13. The lowest BCUT2D eigenvalue weighted by molar-refractivity contribution is 0.660. The Kier molecular flexibility index (Phi) is 5.30. The summed E-state index contributed by atoms with van der Waals surface area (Å²) in [7, 11) is 0. The fourth-order valence-corrected chi connectivity index (χ4v) is 1.47. The molecule has 0 aliphatic heterocycles. The Morgan fingerprint density at radius 1 is 1.47 bits per heavy atom. The molecule has 1 rings (SSSR count). The fourth-order valence-electron chi connectivity index (χ4n) is 1.47. The van der Waals surface area contributed by atoms with Gasteiger partial charge in [0.15, 0.2) is 0 Å². The smallest absolute Gasteiger partial charge is 0.0921 e. The van der Waals surface area contributed by atoms with E-state index in [0.29, 0.717) is 0 Å². The van der Waals surface area contributed by atoms with Crippen molar-refractivity contribution in [1.82, 2.24) is 15.3 Å². The highest BCUT2D eigenvalue weighted by molar-refractivity contribution is 4.95. The van der Waals surface area contributed by atoms with Gasteiger partial charge in [-0.05, 0) is 31.9 Å². The fraction of sp³-hybridized carbons (Fsp3) is 0.417. The highest BCUT2D eigenvalue weighted by atomic mass is 14.9. The maximum Gasteiger partial charge on any atom is 0.0921 e. The van der Waals surface area contributed by atoms with Gasteiger partial charge >= 0.3 is 0 Å². The average molecular weight is 205 g/mol. The summed E-state index contributed by atoms with van der Waals surface area (Å²) in [6, 6.07) is 0. The van der Waals surface area contributed by atoms with Gasteiger partial charge in [0, 0.05) is 17.6 Å². The Morgan fingerprint density at radius 3 is 3.00 bits per heavy atom. The molecular weight excluding hydrogens is 186 g/mol. The van der Waals surface area contributed by atoms with Gasteiger partial charge in [-0.15, -0.1) is 0 Å². The molecule has 0 atom stereocenters. The van der Waals surface area contributed by atoms with E-state index in [0.717, 1.165) is 18.5 Å². The molecular formula is C12H19N3. The van der Waals surface area contributed by atoms with Crippen LogP contribution in [0.3, 0.4) is 0 Å². The molecule has 1 heterocycles. The van der Waals surface area contributed by atoms with Crippen LogP contribution in [0.5, 0.6) is 0 Å². The van der Waals surface area contributed by atoms with Gasteiger partial charge in [-0.1, -0.05) is 19.6 Å². The summed E-state index contributed by atoms with van der Waals surface area (Å²) in [5.74, 6) is 0. The Labute approximate surface area is 91.3 Å². The average Bonchev–Trinajstić information content (AvgIpc) is 2.70. The minimum absolute atomic E-state index is 1.02. The number of aromatic amines is 1. The van der Waals surface area contributed by atoms with Crippen LogP contribution in [-0.4, -0.2) is 9.97 Å². The van der Waals surface area contributed by atoms with Gasteiger partial charge in [-0.2, -0.15) is 0 Å². The molecule has 0 bridgehead atoms. The molecule has 0 saturated heterocycles. The molecule has 0 unspecified atom stereocenters. The molecule has 2 N–H and O–H groups in total. The van der Waals surface area contributed by atoms with E-state index in [1.54, 1.807) is 12.5 Å². The maximum absolute atomic E-state index is 3.98. The first-order valence-corrected chi connectivity index (χ1v) is 5.35. The minimum atomic E-state index is 1.02. The number of H-pyrrole nitrogens is 1. The first kappa shape index (κ1) is 11.6. The SMILES string of the molecule is C=CNC(=C)CCCCCc1cnc[nH]1. The molecule has 0 fully saturated rings. The van der Waals surface area contributed by atoms with Crippen molar-refractivity contribution in [2.24, 2.45) is 0 Å². The van der Waals surface area contributed by atoms with E-state index in [9.17, 15) is 0 Å². The van der Waals surface area contributed by atoms with E-state index in [2.05, 4.69) is 28.4 Å². The third-order valence-electron chi connectivity index (χ3n) is 2.29. The van der Waals surface area contributed by atoms with Crippen LogP contribution in [0.15, 0.2) is 37.6 Å². The molecule has 0 radical (unpaired) electrons. The third kappa shape index (κ3) is 5.05. The number of nitrogens with one attached hydrogen (secondary N) is 2. The van der Waals surface area contributed by atoms with Crippen LogP contribution >= 0.6 is 0 Å².